The molecule has 0 radical (unpaired) electrons. The van der Waals surface area contributed by atoms with Gasteiger partial charge < -0.3 is 10.1 Å². The van der Waals surface area contributed by atoms with Crippen molar-refractivity contribution >= 4 is 38.9 Å². The summed E-state index contributed by atoms with van der Waals surface area (Å²) in [6, 6.07) is 1.88. The van der Waals surface area contributed by atoms with Gasteiger partial charge in [0, 0.05) is 6.54 Å². The average Bonchev–Trinajstić information content (AvgIpc) is 2.46. The van der Waals surface area contributed by atoms with Gasteiger partial charge in [0.1, 0.15) is 4.88 Å². The van der Waals surface area contributed by atoms with Gasteiger partial charge in [0.2, 0.25) is 0 Å². The van der Waals surface area contributed by atoms with E-state index in [0.717, 1.165) is 16.0 Å². The number of hydrogen-bond acceptors (Lipinski definition) is 4. The maximum Gasteiger partial charge on any atom is 0.350 e. The third-order valence-corrected chi connectivity index (χ3v) is 3.06. The monoisotopic (exact) mass is 263 g/mol. The number of rotatable bonds is 3. The average molecular weight is 264 g/mol. The fourth-order valence-electron chi connectivity index (χ4n) is 0.927. The fraction of sp³-hybridized carbons (Fsp3) is 0.375. The van der Waals surface area contributed by atoms with Crippen molar-refractivity contribution in [3.8, 4) is 0 Å². The predicted molar refractivity (Wildman–Crippen MR) is 57.5 cm³/mol. The summed E-state index contributed by atoms with van der Waals surface area (Å²) in [5, 5.41) is 3.09. The van der Waals surface area contributed by atoms with Crippen LogP contribution in [0.3, 0.4) is 0 Å². The summed E-state index contributed by atoms with van der Waals surface area (Å²) in [7, 11) is 1.38. The van der Waals surface area contributed by atoms with Crippen LogP contribution in [0.4, 0.5) is 5.69 Å². The minimum atomic E-state index is -0.299. The van der Waals surface area contributed by atoms with Gasteiger partial charge in [-0.05, 0) is 28.9 Å². The second-order valence-electron chi connectivity index (χ2n) is 2.32. The van der Waals surface area contributed by atoms with Gasteiger partial charge >= 0.3 is 5.97 Å². The molecule has 0 saturated heterocycles. The highest BCUT2D eigenvalue weighted by Crippen LogP contribution is 2.31. The Labute approximate surface area is 89.2 Å². The van der Waals surface area contributed by atoms with Crippen LogP contribution >= 0.6 is 27.3 Å². The number of halogens is 1. The normalized spacial score (nSPS) is 9.77. The molecule has 72 valence electrons. The molecule has 0 aromatic carbocycles. The molecule has 1 rings (SSSR count). The Morgan fingerprint density at radius 3 is 3.00 bits per heavy atom. The Morgan fingerprint density at radius 1 is 1.77 bits per heavy atom. The molecule has 13 heavy (non-hydrogen) atoms. The largest absolute Gasteiger partial charge is 0.465 e. The molecule has 1 aromatic rings. The lowest BCUT2D eigenvalue weighted by Crippen LogP contribution is -2.04. The van der Waals surface area contributed by atoms with Crippen LogP contribution in [0.5, 0.6) is 0 Å². The van der Waals surface area contributed by atoms with E-state index < -0.39 is 0 Å². The van der Waals surface area contributed by atoms with Gasteiger partial charge in [-0.2, -0.15) is 0 Å². The number of esters is 1. The van der Waals surface area contributed by atoms with Crippen molar-refractivity contribution in [2.45, 2.75) is 6.92 Å². The van der Waals surface area contributed by atoms with Gasteiger partial charge in [-0.15, -0.1) is 11.3 Å². The molecule has 0 aliphatic carbocycles. The summed E-state index contributed by atoms with van der Waals surface area (Å²) >= 11 is 4.69. The van der Waals surface area contributed by atoms with Crippen LogP contribution in [0.1, 0.15) is 16.6 Å². The summed E-state index contributed by atoms with van der Waals surface area (Å²) in [6.45, 7) is 2.76. The molecule has 3 nitrogen and oxygen atoms in total. The van der Waals surface area contributed by atoms with Crippen molar-refractivity contribution in [3.63, 3.8) is 0 Å². The lowest BCUT2D eigenvalue weighted by molar-refractivity contribution is 0.0607. The van der Waals surface area contributed by atoms with Gasteiger partial charge in [-0.25, -0.2) is 4.79 Å². The molecule has 1 N–H and O–H groups in total. The summed E-state index contributed by atoms with van der Waals surface area (Å²) in [4.78, 5) is 11.9. The van der Waals surface area contributed by atoms with E-state index in [-0.39, 0.29) is 5.97 Å². The smallest absolute Gasteiger partial charge is 0.350 e. The van der Waals surface area contributed by atoms with Crippen molar-refractivity contribution in [2.24, 2.45) is 0 Å². The van der Waals surface area contributed by atoms with Gasteiger partial charge in [-0.1, -0.05) is 0 Å². The van der Waals surface area contributed by atoms with E-state index in [0.29, 0.717) is 4.88 Å². The minimum absolute atomic E-state index is 0.299. The summed E-state index contributed by atoms with van der Waals surface area (Å²) in [5.74, 6) is -0.299. The third kappa shape index (κ3) is 2.45. The maximum atomic E-state index is 11.2. The van der Waals surface area contributed by atoms with Crippen LogP contribution < -0.4 is 5.32 Å². The molecule has 0 fully saturated rings. The summed E-state index contributed by atoms with van der Waals surface area (Å²) < 4.78 is 5.57. The number of nitrogens with one attached hydrogen (secondary N) is 1. The Morgan fingerprint density at radius 2 is 2.46 bits per heavy atom. The lowest BCUT2D eigenvalue weighted by atomic mass is 10.4. The molecule has 0 aliphatic heterocycles. The van der Waals surface area contributed by atoms with Crippen LogP contribution in [-0.2, 0) is 4.74 Å². The molecule has 1 aromatic heterocycles. The standard InChI is InChI=1S/C8H10BrNO2S/c1-3-10-5-4-6(9)13-7(5)8(11)12-2/h4,10H,3H2,1-2H3. The molecule has 0 unspecified atom stereocenters. The van der Waals surface area contributed by atoms with E-state index >= 15 is 0 Å². The summed E-state index contributed by atoms with van der Waals surface area (Å²) in [5.41, 5.74) is 0.825. The number of hydrogen-bond donors (Lipinski definition) is 1. The minimum Gasteiger partial charge on any atom is -0.465 e. The number of carbonyl (C=O) groups excluding carboxylic acids is 1. The number of ether oxygens (including phenoxy) is 1. The quantitative estimate of drug-likeness (QED) is 0.853. The maximum absolute atomic E-state index is 11.2. The predicted octanol–water partition coefficient (Wildman–Crippen LogP) is 2.73. The van der Waals surface area contributed by atoms with Gasteiger partial charge in [0.25, 0.3) is 0 Å². The number of thiophene rings is 1. The zero-order valence-corrected chi connectivity index (χ0v) is 9.79. The van der Waals surface area contributed by atoms with E-state index in [2.05, 4.69) is 26.0 Å². The Bertz CT molecular complexity index is 311. The molecule has 0 amide bonds. The number of methoxy groups -OCH3 is 1. The Kier molecular flexibility index (Phi) is 3.74. The topological polar surface area (TPSA) is 38.3 Å². The second kappa shape index (κ2) is 4.62. The van der Waals surface area contributed by atoms with Crippen LogP contribution in [0.2, 0.25) is 0 Å². The number of carbonyl (C=O) groups is 1. The zero-order valence-electron chi connectivity index (χ0n) is 7.39. The first-order valence-electron chi connectivity index (χ1n) is 3.80. The highest BCUT2D eigenvalue weighted by molar-refractivity contribution is 9.11. The molecule has 0 atom stereocenters. The van der Waals surface area contributed by atoms with E-state index in [1.807, 2.05) is 13.0 Å². The third-order valence-electron chi connectivity index (χ3n) is 1.44. The number of anilines is 1. The highest BCUT2D eigenvalue weighted by Gasteiger charge is 2.14. The van der Waals surface area contributed by atoms with Crippen LogP contribution in [0, 0.1) is 0 Å². The Hall–Kier alpha value is -0.550. The SMILES string of the molecule is CCNc1cc(Br)sc1C(=O)OC. The molecule has 0 bridgehead atoms. The first-order valence-corrected chi connectivity index (χ1v) is 5.41. The zero-order chi connectivity index (χ0) is 9.84. The van der Waals surface area contributed by atoms with E-state index in [1.165, 1.54) is 18.4 Å². The first-order chi connectivity index (χ1) is 6.19. The van der Waals surface area contributed by atoms with E-state index in [1.54, 1.807) is 0 Å². The lowest BCUT2D eigenvalue weighted by Gasteiger charge is -2.01. The van der Waals surface area contributed by atoms with Gasteiger partial charge in [-0.3, -0.25) is 0 Å². The molecule has 0 spiro atoms. The molecule has 0 aliphatic rings. The van der Waals surface area contributed by atoms with Crippen molar-refractivity contribution < 1.29 is 9.53 Å². The van der Waals surface area contributed by atoms with Crippen LogP contribution in [0.25, 0.3) is 0 Å². The molecule has 1 heterocycles. The van der Waals surface area contributed by atoms with E-state index in [4.69, 9.17) is 0 Å². The van der Waals surface area contributed by atoms with Crippen molar-refractivity contribution in [3.05, 3.63) is 14.7 Å². The highest BCUT2D eigenvalue weighted by atomic mass is 79.9. The van der Waals surface area contributed by atoms with Crippen molar-refractivity contribution in [2.75, 3.05) is 19.0 Å². The van der Waals surface area contributed by atoms with Crippen LogP contribution in [0.15, 0.2) is 9.85 Å². The van der Waals surface area contributed by atoms with Gasteiger partial charge in [0.05, 0.1) is 16.6 Å². The van der Waals surface area contributed by atoms with Crippen molar-refractivity contribution in [1.29, 1.82) is 0 Å². The summed E-state index contributed by atoms with van der Waals surface area (Å²) in [6.07, 6.45) is 0. The van der Waals surface area contributed by atoms with Crippen molar-refractivity contribution in [1.82, 2.24) is 0 Å². The Balaban J connectivity index is 2.96. The molecule has 0 saturated carbocycles. The second-order valence-corrected chi connectivity index (χ2v) is 4.75. The van der Waals surface area contributed by atoms with Gasteiger partial charge in [0.15, 0.2) is 0 Å². The van der Waals surface area contributed by atoms with Crippen LogP contribution in [-0.4, -0.2) is 19.6 Å². The molecular formula is C8H10BrNO2S. The molecule has 5 heteroatoms. The molecular weight excluding hydrogens is 254 g/mol. The first kappa shape index (κ1) is 10.5. The van der Waals surface area contributed by atoms with E-state index in [9.17, 15) is 4.79 Å². The fourth-order valence-corrected chi connectivity index (χ4v) is 2.42.